The first kappa shape index (κ1) is 49.6. The van der Waals surface area contributed by atoms with Crippen LogP contribution in [0.1, 0.15) is 84.1 Å². The van der Waals surface area contributed by atoms with E-state index in [1.807, 2.05) is 63.2 Å². The molecule has 12 unspecified atom stereocenters. The Morgan fingerprint density at radius 1 is 0.951 bits per heavy atom. The number of ether oxygens (including phenoxy) is 8. The summed E-state index contributed by atoms with van der Waals surface area (Å²) in [6, 6.07) is 16.2. The molecule has 61 heavy (non-hydrogen) atoms. The number of aliphatic hydroxyl groups excluding tert-OH is 4. The van der Waals surface area contributed by atoms with E-state index in [0.29, 0.717) is 26.2 Å². The van der Waals surface area contributed by atoms with E-state index < -0.39 is 72.2 Å². The van der Waals surface area contributed by atoms with E-state index in [1.54, 1.807) is 27.8 Å². The first-order chi connectivity index (χ1) is 29.1. The molecule has 1 aromatic heterocycles. The summed E-state index contributed by atoms with van der Waals surface area (Å²) in [7, 11) is 3.30. The zero-order chi connectivity index (χ0) is 44.2. The van der Waals surface area contributed by atoms with Gasteiger partial charge in [-0.25, -0.2) is 4.98 Å². The standard InChI is InChI=1S/C44H64N2O13S2/c1-27(44(5,6)26-45)32(23-43(3,4)28(2)40(51)54-18-17-52-15-16-53-19-20-60-61-36-9-7-8-14-46-36)29-10-12-30(13-11-29)41-55-25-35-39(59-41)34(49)22-37(57-35)58-42-38(50)33(48)21-31(24-47)56-42/h7-14,27-28,31-35,37-39,41-42,47-50H,15-25H2,1-6H3. The summed E-state index contributed by atoms with van der Waals surface area (Å²) in [6.07, 6.45) is -6.10. The average Bonchev–Trinajstić information content (AvgIpc) is 3.25. The van der Waals surface area contributed by atoms with E-state index in [9.17, 15) is 30.5 Å². The second-order valence-corrected chi connectivity index (χ2v) is 19.6. The van der Waals surface area contributed by atoms with Crippen molar-refractivity contribution in [2.75, 3.05) is 52.0 Å². The highest BCUT2D eigenvalue weighted by atomic mass is 33.1. The molecule has 4 heterocycles. The van der Waals surface area contributed by atoms with E-state index in [2.05, 4.69) is 31.8 Å². The molecule has 0 aliphatic carbocycles. The lowest BCUT2D eigenvalue weighted by atomic mass is 9.64. The molecule has 0 radical (unpaired) electrons. The number of esters is 1. The Bertz CT molecular complexity index is 1670. The molecule has 3 saturated heterocycles. The second-order valence-electron chi connectivity index (χ2n) is 17.2. The van der Waals surface area contributed by atoms with Gasteiger partial charge in [-0.1, -0.05) is 68.8 Å². The fourth-order valence-corrected chi connectivity index (χ4v) is 9.27. The van der Waals surface area contributed by atoms with Gasteiger partial charge < -0.3 is 58.3 Å². The molecule has 0 saturated carbocycles. The number of hydrogen-bond donors (Lipinski definition) is 4. The molecule has 3 aliphatic heterocycles. The van der Waals surface area contributed by atoms with Crippen LogP contribution in [0.5, 0.6) is 0 Å². The number of pyridine rings is 1. The molecule has 1 aromatic carbocycles. The minimum absolute atomic E-state index is 0.0203. The number of benzene rings is 1. The summed E-state index contributed by atoms with van der Waals surface area (Å²) < 4.78 is 46.6. The van der Waals surface area contributed by atoms with Gasteiger partial charge in [-0.2, -0.15) is 5.26 Å². The summed E-state index contributed by atoms with van der Waals surface area (Å²) in [6.45, 7) is 13.5. The van der Waals surface area contributed by atoms with Gasteiger partial charge in [0.05, 0.1) is 75.4 Å². The molecule has 5 rings (SSSR count). The van der Waals surface area contributed by atoms with Gasteiger partial charge >= 0.3 is 5.97 Å². The van der Waals surface area contributed by atoms with Crippen LogP contribution in [-0.2, 0) is 42.7 Å². The first-order valence-corrected chi connectivity index (χ1v) is 23.4. The van der Waals surface area contributed by atoms with Gasteiger partial charge in [0.1, 0.15) is 29.9 Å². The normalized spacial score (nSPS) is 28.6. The smallest absolute Gasteiger partial charge is 0.309 e. The van der Waals surface area contributed by atoms with Crippen molar-refractivity contribution in [1.29, 1.82) is 5.26 Å². The average molecular weight is 893 g/mol. The SMILES string of the molecule is CC(C(CC(C)(C)C(C)C(=O)OCCOCCOCCSSc1ccccn1)c1ccc(C2OCC3OC(OC4OC(CO)CC(O)C4O)CC(O)C3O2)cc1)C(C)(C)C#N. The summed E-state index contributed by atoms with van der Waals surface area (Å²) in [5, 5.41) is 52.2. The number of aromatic nitrogens is 1. The molecule has 2 aromatic rings. The molecule has 3 aliphatic rings. The summed E-state index contributed by atoms with van der Waals surface area (Å²) in [5.74, 6) is -0.0878. The Labute approximate surface area is 367 Å². The van der Waals surface area contributed by atoms with Crippen LogP contribution >= 0.6 is 21.6 Å². The maximum Gasteiger partial charge on any atom is 0.309 e. The third-order valence-corrected chi connectivity index (χ3v) is 14.3. The highest BCUT2D eigenvalue weighted by Gasteiger charge is 2.47. The monoisotopic (exact) mass is 892 g/mol. The fourth-order valence-electron chi connectivity index (χ4n) is 7.53. The van der Waals surface area contributed by atoms with Crippen LogP contribution in [0.3, 0.4) is 0 Å². The van der Waals surface area contributed by atoms with Crippen molar-refractivity contribution in [1.82, 2.24) is 4.98 Å². The Kier molecular flexibility index (Phi) is 19.1. The fraction of sp³-hybridized carbons (Fsp3) is 0.705. The van der Waals surface area contributed by atoms with Gasteiger partial charge in [0.2, 0.25) is 0 Å². The first-order valence-electron chi connectivity index (χ1n) is 21.1. The van der Waals surface area contributed by atoms with E-state index in [0.717, 1.165) is 21.9 Å². The predicted octanol–water partition coefficient (Wildman–Crippen LogP) is 5.16. The highest BCUT2D eigenvalue weighted by Crippen LogP contribution is 2.47. The number of fused-ring (bicyclic) bond motifs is 1. The van der Waals surface area contributed by atoms with Crippen molar-refractivity contribution in [2.24, 2.45) is 22.7 Å². The third kappa shape index (κ3) is 14.0. The molecular weight excluding hydrogens is 829 g/mol. The molecule has 15 nitrogen and oxygen atoms in total. The van der Waals surface area contributed by atoms with Gasteiger partial charge in [0.25, 0.3) is 0 Å². The largest absolute Gasteiger partial charge is 0.463 e. The topological polar surface area (TPSA) is 209 Å². The van der Waals surface area contributed by atoms with Gasteiger partial charge in [-0.05, 0) is 66.0 Å². The minimum atomic E-state index is -1.34. The van der Waals surface area contributed by atoms with Crippen LogP contribution in [0.2, 0.25) is 0 Å². The van der Waals surface area contributed by atoms with E-state index in [-0.39, 0.29) is 57.1 Å². The Morgan fingerprint density at radius 2 is 1.67 bits per heavy atom. The molecule has 3 fully saturated rings. The van der Waals surface area contributed by atoms with Crippen LogP contribution in [-0.4, -0.2) is 133 Å². The molecule has 4 N–H and O–H groups in total. The predicted molar refractivity (Wildman–Crippen MR) is 227 cm³/mol. The summed E-state index contributed by atoms with van der Waals surface area (Å²) >= 11 is 0. The Hall–Kier alpha value is -2.41. The van der Waals surface area contributed by atoms with Crippen LogP contribution < -0.4 is 0 Å². The van der Waals surface area contributed by atoms with Gasteiger partial charge in [-0.15, -0.1) is 0 Å². The lowest BCUT2D eigenvalue weighted by molar-refractivity contribution is -0.373. The zero-order valence-electron chi connectivity index (χ0n) is 36.0. The number of carbonyl (C=O) groups is 1. The number of nitriles is 1. The van der Waals surface area contributed by atoms with Gasteiger partial charge in [0, 0.05) is 30.4 Å². The van der Waals surface area contributed by atoms with Crippen LogP contribution in [0.4, 0.5) is 0 Å². The number of rotatable bonds is 22. The van der Waals surface area contributed by atoms with Crippen molar-refractivity contribution in [2.45, 2.75) is 127 Å². The number of nitrogens with zero attached hydrogens (tertiary/aromatic N) is 2. The molecule has 0 spiro atoms. The number of aliphatic hydroxyl groups is 4. The minimum Gasteiger partial charge on any atom is -0.463 e. The quantitative estimate of drug-likeness (QED) is 0.0684. The van der Waals surface area contributed by atoms with E-state index >= 15 is 0 Å². The molecule has 12 atom stereocenters. The number of carbonyl (C=O) groups excluding carboxylic acids is 1. The highest BCUT2D eigenvalue weighted by molar-refractivity contribution is 8.76. The lowest BCUT2D eigenvalue weighted by Gasteiger charge is -2.45. The molecule has 340 valence electrons. The van der Waals surface area contributed by atoms with Gasteiger partial charge in [0.15, 0.2) is 18.9 Å². The number of hydrogen-bond acceptors (Lipinski definition) is 17. The summed E-state index contributed by atoms with van der Waals surface area (Å²) in [5.41, 5.74) is 0.588. The Balaban J connectivity index is 1.09. The molecule has 0 amide bonds. The van der Waals surface area contributed by atoms with Crippen molar-refractivity contribution in [3.63, 3.8) is 0 Å². The van der Waals surface area contributed by atoms with E-state index in [1.165, 1.54) is 0 Å². The third-order valence-electron chi connectivity index (χ3n) is 12.1. The van der Waals surface area contributed by atoms with Gasteiger partial charge in [-0.3, -0.25) is 4.79 Å². The van der Waals surface area contributed by atoms with Crippen molar-refractivity contribution < 1.29 is 63.1 Å². The van der Waals surface area contributed by atoms with Crippen LogP contribution in [0.25, 0.3) is 0 Å². The maximum atomic E-state index is 13.3. The van der Waals surface area contributed by atoms with Crippen molar-refractivity contribution in [3.8, 4) is 6.07 Å². The molecule has 17 heteroatoms. The summed E-state index contributed by atoms with van der Waals surface area (Å²) in [4.78, 5) is 17.6. The van der Waals surface area contributed by atoms with Crippen LogP contribution in [0, 0.1) is 34.0 Å². The maximum absolute atomic E-state index is 13.3. The second kappa shape index (κ2) is 23.5. The zero-order valence-corrected chi connectivity index (χ0v) is 37.6. The molecular formula is C44H64N2O13S2. The molecule has 0 bridgehead atoms. The van der Waals surface area contributed by atoms with Crippen molar-refractivity contribution >= 4 is 27.6 Å². The van der Waals surface area contributed by atoms with E-state index in [4.69, 9.17) is 37.9 Å². The lowest BCUT2D eigenvalue weighted by Crippen LogP contribution is -2.57. The Morgan fingerprint density at radius 3 is 2.36 bits per heavy atom. The van der Waals surface area contributed by atoms with Crippen molar-refractivity contribution in [3.05, 3.63) is 59.8 Å². The van der Waals surface area contributed by atoms with Crippen LogP contribution in [0.15, 0.2) is 53.7 Å².